The third kappa shape index (κ3) is 6.33. The van der Waals surface area contributed by atoms with E-state index in [1.807, 2.05) is 18.2 Å². The van der Waals surface area contributed by atoms with Gasteiger partial charge in [0.15, 0.2) is 0 Å². The van der Waals surface area contributed by atoms with Crippen LogP contribution in [0.2, 0.25) is 0 Å². The Bertz CT molecular complexity index is 942. The van der Waals surface area contributed by atoms with Gasteiger partial charge in [0.1, 0.15) is 5.75 Å². The van der Waals surface area contributed by atoms with E-state index in [0.29, 0.717) is 0 Å². The molecule has 1 fully saturated rings. The molecule has 31 heavy (non-hydrogen) atoms. The van der Waals surface area contributed by atoms with Crippen LogP contribution in [0.15, 0.2) is 54.6 Å². The molecule has 2 heterocycles. The Labute approximate surface area is 191 Å². The van der Waals surface area contributed by atoms with E-state index in [9.17, 15) is 0 Å². The number of para-hydroxylation sites is 1. The molecule has 6 heteroatoms. The molecule has 4 rings (SSSR count). The van der Waals surface area contributed by atoms with Crippen LogP contribution in [0.4, 0.5) is 5.69 Å². The van der Waals surface area contributed by atoms with Gasteiger partial charge >= 0.3 is 0 Å². The van der Waals surface area contributed by atoms with E-state index in [0.717, 1.165) is 65.6 Å². The number of hydrogen-bond donors (Lipinski definition) is 3. The summed E-state index contributed by atoms with van der Waals surface area (Å²) in [5, 5.41) is 11.9. The Hall–Kier alpha value is -2.34. The molecule has 166 valence electrons. The average Bonchev–Trinajstić information content (AvgIpc) is 2.81. The molecule has 2 aromatic carbocycles. The number of fused-ring (bicyclic) bond motifs is 1. The zero-order chi connectivity index (χ0) is 20.6. The lowest BCUT2D eigenvalue weighted by Crippen LogP contribution is -2.34. The van der Waals surface area contributed by atoms with Gasteiger partial charge in [0.05, 0.1) is 18.3 Å². The highest BCUT2D eigenvalue weighted by Crippen LogP contribution is 2.29. The fourth-order valence-electron chi connectivity index (χ4n) is 4.06. The number of hydrogen-bond acceptors (Lipinski definition) is 5. The van der Waals surface area contributed by atoms with Gasteiger partial charge in [0.2, 0.25) is 0 Å². The summed E-state index contributed by atoms with van der Waals surface area (Å²) < 4.78 is 5.28. The molecule has 0 aliphatic carbocycles. The molecule has 0 atom stereocenters. The standard InChI is InChI=1S/C25H32N4O.ClH/c1-30-21-9-7-20(8-10-21)24-17-25(22-5-2-3-6-23(22)29-24)28-14-4-13-27-18-19-11-15-26-16-12-19;/h2-3,5-10,17,19,26-27H,4,11-16,18H2,1H3,(H,28,29);1H. The van der Waals surface area contributed by atoms with Crippen molar-refractivity contribution in [1.82, 2.24) is 15.6 Å². The van der Waals surface area contributed by atoms with E-state index in [-0.39, 0.29) is 12.4 Å². The van der Waals surface area contributed by atoms with Crippen LogP contribution in [0.1, 0.15) is 19.3 Å². The summed E-state index contributed by atoms with van der Waals surface area (Å²) in [6.07, 6.45) is 3.68. The Morgan fingerprint density at radius 3 is 2.58 bits per heavy atom. The predicted octanol–water partition coefficient (Wildman–Crippen LogP) is 4.72. The zero-order valence-corrected chi connectivity index (χ0v) is 19.0. The molecule has 0 unspecified atom stereocenters. The minimum atomic E-state index is 0. The van der Waals surface area contributed by atoms with Crippen molar-refractivity contribution >= 4 is 29.0 Å². The molecule has 1 saturated heterocycles. The molecule has 3 N–H and O–H groups in total. The van der Waals surface area contributed by atoms with E-state index in [1.165, 1.54) is 25.9 Å². The van der Waals surface area contributed by atoms with Gasteiger partial charge in [-0.1, -0.05) is 18.2 Å². The molecule has 1 aromatic heterocycles. The van der Waals surface area contributed by atoms with Crippen LogP contribution < -0.4 is 20.7 Å². The van der Waals surface area contributed by atoms with Crippen LogP contribution in [0.3, 0.4) is 0 Å². The van der Waals surface area contributed by atoms with Crippen LogP contribution in [0, 0.1) is 5.92 Å². The van der Waals surface area contributed by atoms with Crippen molar-refractivity contribution in [3.05, 3.63) is 54.6 Å². The van der Waals surface area contributed by atoms with Crippen LogP contribution in [-0.2, 0) is 0 Å². The fraction of sp³-hybridized carbons (Fsp3) is 0.400. The molecule has 5 nitrogen and oxygen atoms in total. The number of nitrogens with one attached hydrogen (secondary N) is 3. The molecule has 0 radical (unpaired) electrons. The van der Waals surface area contributed by atoms with Crippen molar-refractivity contribution in [2.45, 2.75) is 19.3 Å². The number of aromatic nitrogens is 1. The van der Waals surface area contributed by atoms with Gasteiger partial charge in [-0.25, -0.2) is 4.98 Å². The normalized spacial score (nSPS) is 14.2. The van der Waals surface area contributed by atoms with Gasteiger partial charge in [-0.3, -0.25) is 0 Å². The maximum absolute atomic E-state index is 5.28. The summed E-state index contributed by atoms with van der Waals surface area (Å²) in [5.41, 5.74) is 4.22. The minimum Gasteiger partial charge on any atom is -0.497 e. The summed E-state index contributed by atoms with van der Waals surface area (Å²) in [6.45, 7) is 5.46. The Kier molecular flexibility index (Phi) is 8.95. The summed E-state index contributed by atoms with van der Waals surface area (Å²) in [6, 6.07) is 18.6. The van der Waals surface area contributed by atoms with E-state index < -0.39 is 0 Å². The van der Waals surface area contributed by atoms with Crippen molar-refractivity contribution in [1.29, 1.82) is 0 Å². The highest BCUT2D eigenvalue weighted by Gasteiger charge is 2.12. The number of anilines is 1. The molecule has 1 aliphatic heterocycles. The van der Waals surface area contributed by atoms with Gasteiger partial charge in [-0.05, 0) is 87.8 Å². The number of pyridine rings is 1. The van der Waals surface area contributed by atoms with Gasteiger partial charge in [0, 0.05) is 23.2 Å². The van der Waals surface area contributed by atoms with Crippen LogP contribution in [-0.4, -0.2) is 44.8 Å². The monoisotopic (exact) mass is 440 g/mol. The first-order chi connectivity index (χ1) is 14.8. The minimum absolute atomic E-state index is 0. The van der Waals surface area contributed by atoms with Crippen LogP contribution >= 0.6 is 12.4 Å². The average molecular weight is 441 g/mol. The largest absolute Gasteiger partial charge is 0.497 e. The first-order valence-corrected chi connectivity index (χ1v) is 11.0. The molecular weight excluding hydrogens is 408 g/mol. The number of halogens is 1. The lowest BCUT2D eigenvalue weighted by molar-refractivity contribution is 0.357. The second-order valence-corrected chi connectivity index (χ2v) is 7.98. The lowest BCUT2D eigenvalue weighted by atomic mass is 9.98. The van der Waals surface area contributed by atoms with Gasteiger partial charge in [0.25, 0.3) is 0 Å². The van der Waals surface area contributed by atoms with E-state index >= 15 is 0 Å². The number of methoxy groups -OCH3 is 1. The molecule has 0 saturated carbocycles. The maximum Gasteiger partial charge on any atom is 0.118 e. The van der Waals surface area contributed by atoms with Crippen LogP contribution in [0.5, 0.6) is 5.75 Å². The Morgan fingerprint density at radius 1 is 1.03 bits per heavy atom. The number of ether oxygens (including phenoxy) is 1. The summed E-state index contributed by atoms with van der Waals surface area (Å²) in [7, 11) is 1.69. The third-order valence-corrected chi connectivity index (χ3v) is 5.84. The fourth-order valence-corrected chi connectivity index (χ4v) is 4.06. The zero-order valence-electron chi connectivity index (χ0n) is 18.2. The van der Waals surface area contributed by atoms with Crippen molar-refractivity contribution < 1.29 is 4.74 Å². The molecule has 1 aliphatic rings. The van der Waals surface area contributed by atoms with Gasteiger partial charge in [-0.2, -0.15) is 0 Å². The first kappa shape index (κ1) is 23.3. The lowest BCUT2D eigenvalue weighted by Gasteiger charge is -2.22. The maximum atomic E-state index is 5.28. The second-order valence-electron chi connectivity index (χ2n) is 7.98. The van der Waals surface area contributed by atoms with Crippen molar-refractivity contribution in [3.63, 3.8) is 0 Å². The smallest absolute Gasteiger partial charge is 0.118 e. The van der Waals surface area contributed by atoms with E-state index in [1.54, 1.807) is 7.11 Å². The van der Waals surface area contributed by atoms with Gasteiger partial charge in [-0.15, -0.1) is 12.4 Å². The summed E-state index contributed by atoms with van der Waals surface area (Å²) >= 11 is 0. The van der Waals surface area contributed by atoms with E-state index in [4.69, 9.17) is 9.72 Å². The number of piperidine rings is 1. The van der Waals surface area contributed by atoms with Crippen molar-refractivity contribution in [2.75, 3.05) is 45.2 Å². The van der Waals surface area contributed by atoms with Gasteiger partial charge < -0.3 is 20.7 Å². The SMILES string of the molecule is COc1ccc(-c2cc(NCCCNCC3CCNCC3)c3ccccc3n2)cc1.Cl. The van der Waals surface area contributed by atoms with Crippen molar-refractivity contribution in [3.8, 4) is 17.0 Å². The molecule has 3 aromatic rings. The first-order valence-electron chi connectivity index (χ1n) is 11.0. The molecule has 0 bridgehead atoms. The van der Waals surface area contributed by atoms with E-state index in [2.05, 4.69) is 52.3 Å². The number of benzene rings is 2. The summed E-state index contributed by atoms with van der Waals surface area (Å²) in [5.74, 6) is 1.69. The van der Waals surface area contributed by atoms with Crippen LogP contribution in [0.25, 0.3) is 22.2 Å². The third-order valence-electron chi connectivity index (χ3n) is 5.84. The Morgan fingerprint density at radius 2 is 1.81 bits per heavy atom. The predicted molar refractivity (Wildman–Crippen MR) is 133 cm³/mol. The number of nitrogens with zero attached hydrogens (tertiary/aromatic N) is 1. The number of rotatable bonds is 9. The molecular formula is C25H33ClN4O. The topological polar surface area (TPSA) is 58.2 Å². The van der Waals surface area contributed by atoms with Crippen molar-refractivity contribution in [2.24, 2.45) is 5.92 Å². The quantitative estimate of drug-likeness (QED) is 0.420. The molecule has 0 spiro atoms. The summed E-state index contributed by atoms with van der Waals surface area (Å²) in [4.78, 5) is 4.87. The second kappa shape index (κ2) is 11.9. The molecule has 0 amide bonds. The highest BCUT2D eigenvalue weighted by molar-refractivity contribution is 5.93. The Balaban J connectivity index is 0.00000272. The highest BCUT2D eigenvalue weighted by atomic mass is 35.5.